The second-order valence-corrected chi connectivity index (χ2v) is 4.96. The molecule has 1 aromatic carbocycles. The first-order chi connectivity index (χ1) is 9.11. The number of hydrogen-bond acceptors (Lipinski definition) is 4. The van der Waals surface area contributed by atoms with Gasteiger partial charge in [-0.2, -0.15) is 5.10 Å². The Morgan fingerprint density at radius 3 is 2.95 bits per heavy atom. The SMILES string of the molecule is COc1cc(-c2cn[nH]c2N)c(Cl)c2c1OC(C)C2. The highest BCUT2D eigenvalue weighted by Crippen LogP contribution is 2.47. The molecule has 0 radical (unpaired) electrons. The minimum absolute atomic E-state index is 0.0957. The summed E-state index contributed by atoms with van der Waals surface area (Å²) in [5, 5.41) is 7.27. The molecule has 0 fully saturated rings. The Balaban J connectivity index is 2.23. The van der Waals surface area contributed by atoms with Crippen LogP contribution in [0.25, 0.3) is 11.1 Å². The number of methoxy groups -OCH3 is 1. The van der Waals surface area contributed by atoms with Crippen LogP contribution in [-0.4, -0.2) is 23.4 Å². The van der Waals surface area contributed by atoms with Crippen molar-refractivity contribution in [2.75, 3.05) is 12.8 Å². The molecule has 2 heterocycles. The number of rotatable bonds is 2. The van der Waals surface area contributed by atoms with Crippen molar-refractivity contribution in [2.45, 2.75) is 19.4 Å². The van der Waals surface area contributed by atoms with E-state index in [-0.39, 0.29) is 6.10 Å². The van der Waals surface area contributed by atoms with E-state index in [2.05, 4.69) is 10.2 Å². The molecule has 6 heteroatoms. The number of hydrogen-bond donors (Lipinski definition) is 2. The van der Waals surface area contributed by atoms with Gasteiger partial charge in [-0.3, -0.25) is 5.10 Å². The summed E-state index contributed by atoms with van der Waals surface area (Å²) in [4.78, 5) is 0. The Hall–Kier alpha value is -1.88. The smallest absolute Gasteiger partial charge is 0.166 e. The molecule has 1 aliphatic rings. The fourth-order valence-electron chi connectivity index (χ4n) is 2.37. The van der Waals surface area contributed by atoms with Gasteiger partial charge in [0.15, 0.2) is 11.5 Å². The van der Waals surface area contributed by atoms with E-state index in [4.69, 9.17) is 26.8 Å². The number of aromatic amines is 1. The molecule has 0 saturated heterocycles. The standard InChI is InChI=1S/C13H14ClN3O2/c1-6-3-8-11(14)7(9-5-16-17-13(9)15)4-10(18-2)12(8)19-6/h4-6H,3H2,1-2H3,(H3,15,16,17). The van der Waals surface area contributed by atoms with E-state index in [1.807, 2.05) is 13.0 Å². The largest absolute Gasteiger partial charge is 0.493 e. The van der Waals surface area contributed by atoms with Gasteiger partial charge in [-0.1, -0.05) is 11.6 Å². The van der Waals surface area contributed by atoms with Crippen LogP contribution >= 0.6 is 11.6 Å². The summed E-state index contributed by atoms with van der Waals surface area (Å²) in [5.41, 5.74) is 8.39. The molecule has 3 N–H and O–H groups in total. The van der Waals surface area contributed by atoms with Gasteiger partial charge in [0.1, 0.15) is 11.9 Å². The van der Waals surface area contributed by atoms with Gasteiger partial charge in [-0.25, -0.2) is 0 Å². The zero-order valence-corrected chi connectivity index (χ0v) is 11.4. The lowest BCUT2D eigenvalue weighted by atomic mass is 10.0. The van der Waals surface area contributed by atoms with Crippen LogP contribution in [0.15, 0.2) is 12.3 Å². The Morgan fingerprint density at radius 2 is 2.32 bits per heavy atom. The van der Waals surface area contributed by atoms with Crippen molar-refractivity contribution >= 4 is 17.4 Å². The third-order valence-electron chi connectivity index (χ3n) is 3.26. The molecule has 19 heavy (non-hydrogen) atoms. The van der Waals surface area contributed by atoms with Crippen LogP contribution in [0.5, 0.6) is 11.5 Å². The van der Waals surface area contributed by atoms with Crippen LogP contribution in [0, 0.1) is 0 Å². The van der Waals surface area contributed by atoms with E-state index in [1.54, 1.807) is 13.3 Å². The van der Waals surface area contributed by atoms with Gasteiger partial charge in [0.2, 0.25) is 0 Å². The Morgan fingerprint density at radius 1 is 1.53 bits per heavy atom. The Kier molecular flexibility index (Phi) is 2.78. The summed E-state index contributed by atoms with van der Waals surface area (Å²) in [6, 6.07) is 1.83. The fraction of sp³-hybridized carbons (Fsp3) is 0.308. The molecular formula is C13H14ClN3O2. The van der Waals surface area contributed by atoms with Crippen molar-refractivity contribution in [3.05, 3.63) is 22.8 Å². The maximum Gasteiger partial charge on any atom is 0.166 e. The van der Waals surface area contributed by atoms with E-state index in [0.29, 0.717) is 16.6 Å². The van der Waals surface area contributed by atoms with Crippen LogP contribution < -0.4 is 15.2 Å². The van der Waals surface area contributed by atoms with Crippen LogP contribution in [0.1, 0.15) is 12.5 Å². The zero-order chi connectivity index (χ0) is 13.6. The molecule has 2 aromatic rings. The molecule has 1 unspecified atom stereocenters. The Bertz CT molecular complexity index is 639. The Labute approximate surface area is 115 Å². The summed E-state index contributed by atoms with van der Waals surface area (Å²) >= 11 is 6.48. The number of nitrogens with two attached hydrogens (primary N) is 1. The number of H-pyrrole nitrogens is 1. The van der Waals surface area contributed by atoms with Gasteiger partial charge in [0.05, 0.1) is 18.3 Å². The van der Waals surface area contributed by atoms with Crippen molar-refractivity contribution in [3.63, 3.8) is 0 Å². The molecule has 1 aromatic heterocycles. The van der Waals surface area contributed by atoms with Gasteiger partial charge in [-0.15, -0.1) is 0 Å². The van der Waals surface area contributed by atoms with Crippen molar-refractivity contribution in [2.24, 2.45) is 0 Å². The summed E-state index contributed by atoms with van der Waals surface area (Å²) in [6.45, 7) is 2.00. The van der Waals surface area contributed by atoms with E-state index < -0.39 is 0 Å². The summed E-state index contributed by atoms with van der Waals surface area (Å²) in [6.07, 6.45) is 2.51. The highest BCUT2D eigenvalue weighted by molar-refractivity contribution is 6.34. The lowest BCUT2D eigenvalue weighted by Gasteiger charge is -2.12. The van der Waals surface area contributed by atoms with Gasteiger partial charge < -0.3 is 15.2 Å². The van der Waals surface area contributed by atoms with Crippen LogP contribution in [0.2, 0.25) is 5.02 Å². The topological polar surface area (TPSA) is 73.2 Å². The second kappa shape index (κ2) is 4.35. The number of fused-ring (bicyclic) bond motifs is 1. The number of anilines is 1. The molecule has 100 valence electrons. The molecule has 0 amide bonds. The lowest BCUT2D eigenvalue weighted by Crippen LogP contribution is -2.05. The van der Waals surface area contributed by atoms with Crippen molar-refractivity contribution in [1.29, 1.82) is 0 Å². The summed E-state index contributed by atoms with van der Waals surface area (Å²) in [5.74, 6) is 1.88. The number of nitrogens with zero attached hydrogens (tertiary/aromatic N) is 1. The van der Waals surface area contributed by atoms with Gasteiger partial charge in [0.25, 0.3) is 0 Å². The summed E-state index contributed by atoms with van der Waals surface area (Å²) in [7, 11) is 1.61. The monoisotopic (exact) mass is 279 g/mol. The van der Waals surface area contributed by atoms with Gasteiger partial charge in [-0.05, 0) is 13.0 Å². The number of benzene rings is 1. The van der Waals surface area contributed by atoms with E-state index in [9.17, 15) is 0 Å². The number of aromatic nitrogens is 2. The molecule has 1 aliphatic heterocycles. The number of halogens is 1. The molecule has 0 bridgehead atoms. The van der Waals surface area contributed by atoms with E-state index in [0.717, 1.165) is 28.9 Å². The minimum atomic E-state index is 0.0957. The third-order valence-corrected chi connectivity index (χ3v) is 3.70. The molecule has 0 spiro atoms. The van der Waals surface area contributed by atoms with E-state index >= 15 is 0 Å². The molecule has 0 saturated carbocycles. The normalized spacial score (nSPS) is 17.1. The third kappa shape index (κ3) is 1.81. The second-order valence-electron chi connectivity index (χ2n) is 4.58. The van der Waals surface area contributed by atoms with Crippen molar-refractivity contribution < 1.29 is 9.47 Å². The number of nitrogens with one attached hydrogen (secondary N) is 1. The quantitative estimate of drug-likeness (QED) is 0.886. The number of ether oxygens (including phenoxy) is 2. The predicted octanol–water partition coefficient (Wildman–Crippen LogP) is 2.64. The van der Waals surface area contributed by atoms with Gasteiger partial charge >= 0.3 is 0 Å². The lowest BCUT2D eigenvalue weighted by molar-refractivity contribution is 0.243. The van der Waals surface area contributed by atoms with Crippen LogP contribution in [0.4, 0.5) is 5.82 Å². The molecule has 1 atom stereocenters. The van der Waals surface area contributed by atoms with Crippen molar-refractivity contribution in [3.8, 4) is 22.6 Å². The summed E-state index contributed by atoms with van der Waals surface area (Å²) < 4.78 is 11.1. The van der Waals surface area contributed by atoms with Gasteiger partial charge in [0, 0.05) is 23.1 Å². The maximum atomic E-state index is 6.48. The van der Waals surface area contributed by atoms with Crippen molar-refractivity contribution in [1.82, 2.24) is 10.2 Å². The molecular weight excluding hydrogens is 266 g/mol. The molecule has 5 nitrogen and oxygen atoms in total. The highest BCUT2D eigenvalue weighted by Gasteiger charge is 2.28. The number of nitrogen functional groups attached to an aromatic ring is 1. The average molecular weight is 280 g/mol. The predicted molar refractivity (Wildman–Crippen MR) is 73.8 cm³/mol. The van der Waals surface area contributed by atoms with E-state index in [1.165, 1.54) is 0 Å². The maximum absolute atomic E-state index is 6.48. The first-order valence-electron chi connectivity index (χ1n) is 5.97. The zero-order valence-electron chi connectivity index (χ0n) is 10.7. The molecule has 3 rings (SSSR count). The van der Waals surface area contributed by atoms with Crippen LogP contribution in [-0.2, 0) is 6.42 Å². The minimum Gasteiger partial charge on any atom is -0.493 e. The first-order valence-corrected chi connectivity index (χ1v) is 6.34. The average Bonchev–Trinajstić information content (AvgIpc) is 2.96. The fourth-order valence-corrected chi connectivity index (χ4v) is 2.69. The van der Waals surface area contributed by atoms with Crippen LogP contribution in [0.3, 0.4) is 0 Å². The highest BCUT2D eigenvalue weighted by atomic mass is 35.5. The first kappa shape index (κ1) is 12.2. The molecule has 0 aliphatic carbocycles.